The van der Waals surface area contributed by atoms with Crippen molar-refractivity contribution >= 4 is 28.7 Å². The van der Waals surface area contributed by atoms with Gasteiger partial charge in [-0.1, -0.05) is 31.0 Å². The predicted molar refractivity (Wildman–Crippen MR) is 194 cm³/mol. The molecule has 5 rings (SSSR count). The molecule has 1 fully saturated rings. The van der Waals surface area contributed by atoms with E-state index < -0.39 is 62.3 Å². The van der Waals surface area contributed by atoms with Crippen LogP contribution in [0.5, 0.6) is 0 Å². The minimum Gasteiger partial charge on any atom is -0.444 e. The molecule has 2 aromatic carbocycles. The zero-order valence-corrected chi connectivity index (χ0v) is 31.3. The average molecular weight is 757 g/mol. The van der Waals surface area contributed by atoms with Crippen molar-refractivity contribution in [1.82, 2.24) is 24.8 Å². The summed E-state index contributed by atoms with van der Waals surface area (Å²) in [4.78, 5) is 30.2. The number of anilines is 1. The number of hydrogen-bond donors (Lipinski definition) is 3. The molecule has 15 heteroatoms. The van der Waals surface area contributed by atoms with E-state index in [4.69, 9.17) is 4.74 Å². The van der Waals surface area contributed by atoms with E-state index in [9.17, 15) is 27.0 Å². The summed E-state index contributed by atoms with van der Waals surface area (Å²) in [5.41, 5.74) is -2.19. The molecule has 0 aliphatic heterocycles. The second kappa shape index (κ2) is 15.4. The van der Waals surface area contributed by atoms with E-state index in [1.54, 1.807) is 57.4 Å². The number of nitrogens with zero attached hydrogens (tertiary/aromatic N) is 3. The first-order chi connectivity index (χ1) is 24.7. The fourth-order valence-electron chi connectivity index (χ4n) is 5.64. The number of amides is 2. The van der Waals surface area contributed by atoms with Crippen LogP contribution in [0.3, 0.4) is 0 Å². The van der Waals surface area contributed by atoms with Gasteiger partial charge < -0.3 is 15.4 Å². The van der Waals surface area contributed by atoms with E-state index in [0.717, 1.165) is 29.5 Å². The summed E-state index contributed by atoms with van der Waals surface area (Å²) >= 11 is 0. The minimum atomic E-state index is -4.90. The standard InChI is InChI=1S/C38H44F4N6O4S/c1-35(2,3)52-34(50)44-23-25-8-7-9-28(20-25)48-31(22-32(46-48)38(40,41)42)33(49)45-30-21-27(12-13-29(30)39)37(17-14-24-10-11-24,26-15-18-43-19-16-26)47-53(51)36(4,5)6/h7-9,12-13,15-16,18-22,24,47H,10-11,14,17,23H2,1-6H3,(H,44,50)(H,45,49). The Morgan fingerprint density at radius 2 is 1.64 bits per heavy atom. The van der Waals surface area contributed by atoms with Gasteiger partial charge in [0.25, 0.3) is 5.91 Å². The molecule has 0 bridgehead atoms. The van der Waals surface area contributed by atoms with Crippen LogP contribution < -0.4 is 15.4 Å². The van der Waals surface area contributed by atoms with E-state index >= 15 is 4.39 Å². The maximum absolute atomic E-state index is 15.6. The van der Waals surface area contributed by atoms with Crippen molar-refractivity contribution in [3.8, 4) is 5.69 Å². The van der Waals surface area contributed by atoms with Gasteiger partial charge in [0, 0.05) is 25.0 Å². The maximum atomic E-state index is 15.6. The van der Waals surface area contributed by atoms with Crippen molar-refractivity contribution in [3.05, 3.63) is 107 Å². The summed E-state index contributed by atoms with van der Waals surface area (Å²) in [5, 5.41) is 8.75. The Labute approximate surface area is 308 Å². The number of benzene rings is 2. The average Bonchev–Trinajstić information content (AvgIpc) is 3.79. The molecule has 0 spiro atoms. The highest BCUT2D eigenvalue weighted by Crippen LogP contribution is 2.43. The van der Waals surface area contributed by atoms with Crippen molar-refractivity contribution < 1.29 is 36.1 Å². The molecule has 53 heavy (non-hydrogen) atoms. The molecule has 0 radical (unpaired) electrons. The summed E-state index contributed by atoms with van der Waals surface area (Å²) < 4.78 is 80.0. The Hall–Kier alpha value is -4.63. The molecule has 284 valence electrons. The van der Waals surface area contributed by atoms with Crippen molar-refractivity contribution in [3.63, 3.8) is 0 Å². The first kappa shape index (κ1) is 39.6. The Balaban J connectivity index is 1.52. The van der Waals surface area contributed by atoms with Crippen LogP contribution in [0.25, 0.3) is 5.69 Å². The van der Waals surface area contributed by atoms with Gasteiger partial charge in [-0.3, -0.25) is 9.78 Å². The number of aromatic nitrogens is 3. The Kier molecular flexibility index (Phi) is 11.5. The van der Waals surface area contributed by atoms with Gasteiger partial charge in [0.15, 0.2) is 5.69 Å². The number of alkyl carbamates (subject to hydrolysis) is 1. The lowest BCUT2D eigenvalue weighted by Gasteiger charge is -2.38. The maximum Gasteiger partial charge on any atom is 0.435 e. The molecule has 2 aromatic heterocycles. The molecule has 2 unspecified atom stereocenters. The normalized spacial score (nSPS) is 15.4. The molecule has 1 saturated carbocycles. The van der Waals surface area contributed by atoms with Gasteiger partial charge in [0.2, 0.25) is 0 Å². The fourth-order valence-corrected chi connectivity index (χ4v) is 6.60. The van der Waals surface area contributed by atoms with Gasteiger partial charge in [-0.05, 0) is 113 Å². The Morgan fingerprint density at radius 3 is 2.26 bits per heavy atom. The fraction of sp³-hybridized carbons (Fsp3) is 0.421. The largest absolute Gasteiger partial charge is 0.444 e. The van der Waals surface area contributed by atoms with Crippen molar-refractivity contribution in [2.75, 3.05) is 5.32 Å². The Bertz CT molecular complexity index is 1970. The lowest BCUT2D eigenvalue weighted by Crippen LogP contribution is -2.49. The molecule has 3 N–H and O–H groups in total. The number of carbonyl (C=O) groups excluding carboxylic acids is 2. The number of ether oxygens (including phenoxy) is 1. The second-order valence-corrected chi connectivity index (χ2v) is 17.1. The van der Waals surface area contributed by atoms with Gasteiger partial charge in [-0.2, -0.15) is 18.3 Å². The third kappa shape index (κ3) is 10.1. The zero-order chi connectivity index (χ0) is 38.8. The summed E-state index contributed by atoms with van der Waals surface area (Å²) in [6.07, 6.45) is 1.03. The van der Waals surface area contributed by atoms with Gasteiger partial charge in [-0.25, -0.2) is 22.8 Å². The SMILES string of the molecule is CC(C)(C)OC(=O)NCc1cccc(-n2nc(C(F)(F)F)cc2C(=O)Nc2cc(C(CCC3CC3)(NS(=O)C(C)(C)C)c3ccncc3)ccc2F)c1. The van der Waals surface area contributed by atoms with Crippen molar-refractivity contribution in [1.29, 1.82) is 0 Å². The van der Waals surface area contributed by atoms with Gasteiger partial charge in [-0.15, -0.1) is 0 Å². The number of hydrogen-bond acceptors (Lipinski definition) is 6. The molecule has 4 aromatic rings. The smallest absolute Gasteiger partial charge is 0.435 e. The first-order valence-electron chi connectivity index (χ1n) is 17.2. The number of rotatable bonds is 12. The van der Waals surface area contributed by atoms with Crippen molar-refractivity contribution in [2.45, 2.75) is 95.8 Å². The molecule has 2 heterocycles. The number of alkyl halides is 3. The van der Waals surface area contributed by atoms with E-state index in [1.165, 1.54) is 30.3 Å². The van der Waals surface area contributed by atoms with E-state index in [1.807, 2.05) is 20.8 Å². The molecule has 1 aliphatic rings. The van der Waals surface area contributed by atoms with Crippen LogP contribution in [-0.2, 0) is 34.0 Å². The van der Waals surface area contributed by atoms with E-state index in [2.05, 4.69) is 25.4 Å². The van der Waals surface area contributed by atoms with Crippen molar-refractivity contribution in [2.24, 2.45) is 5.92 Å². The summed E-state index contributed by atoms with van der Waals surface area (Å²) in [6.45, 7) is 10.6. The summed E-state index contributed by atoms with van der Waals surface area (Å²) in [5.74, 6) is -1.40. The summed E-state index contributed by atoms with van der Waals surface area (Å²) in [7, 11) is -1.60. The van der Waals surface area contributed by atoms with Crippen LogP contribution in [-0.4, -0.2) is 41.3 Å². The van der Waals surface area contributed by atoms with Crippen LogP contribution in [0.15, 0.2) is 73.1 Å². The van der Waals surface area contributed by atoms with Gasteiger partial charge in [0.1, 0.15) is 17.1 Å². The quantitative estimate of drug-likeness (QED) is 0.125. The number of carbonyl (C=O) groups is 2. The Morgan fingerprint density at radius 1 is 0.943 bits per heavy atom. The monoisotopic (exact) mass is 756 g/mol. The van der Waals surface area contributed by atoms with Crippen LogP contribution in [0.2, 0.25) is 0 Å². The predicted octanol–water partition coefficient (Wildman–Crippen LogP) is 8.19. The highest BCUT2D eigenvalue weighted by Gasteiger charge is 2.41. The summed E-state index contributed by atoms with van der Waals surface area (Å²) in [6, 6.07) is 14.4. The zero-order valence-electron chi connectivity index (χ0n) is 30.4. The third-order valence-electron chi connectivity index (χ3n) is 8.55. The van der Waals surface area contributed by atoms with Crippen LogP contribution in [0.1, 0.15) is 100 Å². The van der Waals surface area contributed by atoms with Gasteiger partial charge >= 0.3 is 12.3 Å². The second-order valence-electron chi connectivity index (χ2n) is 15.1. The third-order valence-corrected chi connectivity index (χ3v) is 10.2. The van der Waals surface area contributed by atoms with E-state index in [-0.39, 0.29) is 17.9 Å². The molecular formula is C38H44F4N6O4S. The highest BCUT2D eigenvalue weighted by molar-refractivity contribution is 7.84. The topological polar surface area (TPSA) is 127 Å². The van der Waals surface area contributed by atoms with Crippen LogP contribution in [0, 0.1) is 11.7 Å². The number of pyridine rings is 1. The molecule has 0 saturated heterocycles. The van der Waals surface area contributed by atoms with Gasteiger partial charge in [0.05, 0.1) is 32.6 Å². The van der Waals surface area contributed by atoms with E-state index in [0.29, 0.717) is 29.5 Å². The molecule has 10 nitrogen and oxygen atoms in total. The highest BCUT2D eigenvalue weighted by atomic mass is 32.2. The number of nitrogens with one attached hydrogen (secondary N) is 3. The molecule has 2 amide bonds. The number of halogens is 4. The lowest BCUT2D eigenvalue weighted by atomic mass is 9.79. The first-order valence-corrected chi connectivity index (χ1v) is 18.4. The molecule has 1 aliphatic carbocycles. The van der Waals surface area contributed by atoms with Crippen LogP contribution >= 0.6 is 0 Å². The van der Waals surface area contributed by atoms with Crippen LogP contribution in [0.4, 0.5) is 28.0 Å². The molecule has 2 atom stereocenters. The minimum absolute atomic E-state index is 0.0241. The lowest BCUT2D eigenvalue weighted by molar-refractivity contribution is -0.141. The molecular weight excluding hydrogens is 713 g/mol.